The molecule has 2 aromatic rings. The van der Waals surface area contributed by atoms with E-state index in [1.807, 2.05) is 30.3 Å². The number of methoxy groups -OCH3 is 1. The number of carbonyl (C=O) groups is 2. The van der Waals surface area contributed by atoms with Crippen molar-refractivity contribution < 1.29 is 19.1 Å². The Balaban J connectivity index is 2.11. The van der Waals surface area contributed by atoms with E-state index in [9.17, 15) is 9.59 Å². The number of nitrogens with zero attached hydrogens (tertiary/aromatic N) is 1. The van der Waals surface area contributed by atoms with Crippen LogP contribution in [0.1, 0.15) is 21.5 Å². The van der Waals surface area contributed by atoms with E-state index in [0.29, 0.717) is 16.8 Å². The third kappa shape index (κ3) is 4.85. The summed E-state index contributed by atoms with van der Waals surface area (Å²) < 4.78 is 9.95. The first-order valence-corrected chi connectivity index (χ1v) is 7.64. The second-order valence-corrected chi connectivity index (χ2v) is 5.37. The van der Waals surface area contributed by atoms with Crippen LogP contribution < -0.4 is 4.90 Å². The molecule has 25 heavy (non-hydrogen) atoms. The highest BCUT2D eigenvalue weighted by Crippen LogP contribution is 2.21. The second kappa shape index (κ2) is 8.55. The van der Waals surface area contributed by atoms with Crippen LogP contribution in [0.3, 0.4) is 0 Å². The zero-order valence-corrected chi connectivity index (χ0v) is 14.2. The number of carbonyl (C=O) groups excluding carboxylic acids is 2. The average Bonchev–Trinajstić information content (AvgIpc) is 2.66. The van der Waals surface area contributed by atoms with Crippen molar-refractivity contribution in [2.24, 2.45) is 0 Å². The Labute approximate surface area is 147 Å². The van der Waals surface area contributed by atoms with Gasteiger partial charge in [0.1, 0.15) is 13.2 Å². The molecular weight excluding hydrogens is 318 g/mol. The number of terminal acetylenes is 1. The van der Waals surface area contributed by atoms with Crippen LogP contribution in [-0.4, -0.2) is 32.6 Å². The molecule has 0 fully saturated rings. The highest BCUT2D eigenvalue weighted by atomic mass is 16.5. The molecular formula is C20H19NO4. The molecule has 0 amide bonds. The van der Waals surface area contributed by atoms with Crippen LogP contribution in [0.2, 0.25) is 0 Å². The lowest BCUT2D eigenvalue weighted by atomic mass is 10.1. The van der Waals surface area contributed by atoms with Gasteiger partial charge in [-0.25, -0.2) is 4.79 Å². The van der Waals surface area contributed by atoms with Crippen LogP contribution >= 0.6 is 0 Å². The van der Waals surface area contributed by atoms with Gasteiger partial charge >= 0.3 is 11.9 Å². The van der Waals surface area contributed by atoms with E-state index in [2.05, 4.69) is 10.7 Å². The number of rotatable bonds is 6. The van der Waals surface area contributed by atoms with E-state index in [1.54, 1.807) is 30.1 Å². The number of anilines is 1. The molecule has 0 aliphatic rings. The fraction of sp³-hybridized carbons (Fsp3) is 0.200. The zero-order chi connectivity index (χ0) is 18.2. The normalized spacial score (nSPS) is 9.80. The molecule has 0 unspecified atom stereocenters. The molecule has 0 radical (unpaired) electrons. The van der Waals surface area contributed by atoms with E-state index in [0.717, 1.165) is 5.56 Å². The van der Waals surface area contributed by atoms with Gasteiger partial charge in [-0.15, -0.1) is 6.42 Å². The largest absolute Gasteiger partial charge is 0.468 e. The van der Waals surface area contributed by atoms with Gasteiger partial charge in [-0.1, -0.05) is 36.3 Å². The molecule has 0 aliphatic carbocycles. The van der Waals surface area contributed by atoms with Gasteiger partial charge in [-0.05, 0) is 23.8 Å². The maximum Gasteiger partial charge on any atom is 0.338 e. The SMILES string of the molecule is C#Cc1cc(C(=O)OCc2ccccc2)ccc1N(C)CC(=O)OC. The minimum Gasteiger partial charge on any atom is -0.468 e. The van der Waals surface area contributed by atoms with Gasteiger partial charge in [0.25, 0.3) is 0 Å². The summed E-state index contributed by atoms with van der Waals surface area (Å²) in [7, 11) is 3.05. The van der Waals surface area contributed by atoms with Crippen molar-refractivity contribution >= 4 is 17.6 Å². The summed E-state index contributed by atoms with van der Waals surface area (Å²) in [6, 6.07) is 14.3. The van der Waals surface area contributed by atoms with E-state index in [-0.39, 0.29) is 19.1 Å². The van der Waals surface area contributed by atoms with Crippen LogP contribution in [0, 0.1) is 12.3 Å². The molecule has 5 nitrogen and oxygen atoms in total. The van der Waals surface area contributed by atoms with Gasteiger partial charge in [-0.3, -0.25) is 4.79 Å². The molecule has 5 heteroatoms. The van der Waals surface area contributed by atoms with Gasteiger partial charge in [0.2, 0.25) is 0 Å². The van der Waals surface area contributed by atoms with Crippen LogP contribution in [0.5, 0.6) is 0 Å². The molecule has 0 saturated carbocycles. The first-order valence-electron chi connectivity index (χ1n) is 7.64. The Kier molecular flexibility index (Phi) is 6.19. The number of hydrogen-bond donors (Lipinski definition) is 0. The molecule has 0 N–H and O–H groups in total. The Bertz CT molecular complexity index is 793. The molecule has 0 aliphatic heterocycles. The predicted molar refractivity (Wildman–Crippen MR) is 95.2 cm³/mol. The number of ether oxygens (including phenoxy) is 2. The topological polar surface area (TPSA) is 55.8 Å². The molecule has 0 spiro atoms. The van der Waals surface area contributed by atoms with E-state index in [1.165, 1.54) is 7.11 Å². The maximum atomic E-state index is 12.2. The van der Waals surface area contributed by atoms with Gasteiger partial charge < -0.3 is 14.4 Å². The van der Waals surface area contributed by atoms with Crippen molar-refractivity contribution in [3.63, 3.8) is 0 Å². The van der Waals surface area contributed by atoms with E-state index in [4.69, 9.17) is 11.2 Å². The van der Waals surface area contributed by atoms with Crippen LogP contribution in [0.4, 0.5) is 5.69 Å². The smallest absolute Gasteiger partial charge is 0.338 e. The Hall–Kier alpha value is -3.26. The summed E-state index contributed by atoms with van der Waals surface area (Å²) in [5.74, 6) is 1.70. The fourth-order valence-corrected chi connectivity index (χ4v) is 2.26. The van der Waals surface area contributed by atoms with Gasteiger partial charge in [0, 0.05) is 12.6 Å². The predicted octanol–water partition coefficient (Wildman–Crippen LogP) is 2.63. The summed E-state index contributed by atoms with van der Waals surface area (Å²) in [4.78, 5) is 25.3. The van der Waals surface area contributed by atoms with E-state index >= 15 is 0 Å². The summed E-state index contributed by atoms with van der Waals surface area (Å²) >= 11 is 0. The standard InChI is InChI=1S/C20H19NO4/c1-4-16-12-17(10-11-18(16)21(2)13-19(22)24-3)20(23)25-14-15-8-6-5-7-9-15/h1,5-12H,13-14H2,2-3H3. The van der Waals surface area contributed by atoms with Gasteiger partial charge in [0.05, 0.1) is 18.4 Å². The van der Waals surface area contributed by atoms with Crippen molar-refractivity contribution in [3.05, 3.63) is 65.2 Å². The lowest BCUT2D eigenvalue weighted by Crippen LogP contribution is -2.27. The maximum absolute atomic E-state index is 12.2. The summed E-state index contributed by atoms with van der Waals surface area (Å²) in [6.07, 6.45) is 5.54. The molecule has 0 saturated heterocycles. The van der Waals surface area contributed by atoms with Gasteiger partial charge in [0.15, 0.2) is 0 Å². The third-order valence-electron chi connectivity index (χ3n) is 3.61. The van der Waals surface area contributed by atoms with Gasteiger partial charge in [-0.2, -0.15) is 0 Å². The van der Waals surface area contributed by atoms with Crippen molar-refractivity contribution in [1.29, 1.82) is 0 Å². The molecule has 0 aromatic heterocycles. The van der Waals surface area contributed by atoms with Crippen LogP contribution in [0.25, 0.3) is 0 Å². The highest BCUT2D eigenvalue weighted by Gasteiger charge is 2.14. The Morgan fingerprint density at radius 1 is 1.16 bits per heavy atom. The van der Waals surface area contributed by atoms with Crippen LogP contribution in [-0.2, 0) is 20.9 Å². The minimum absolute atomic E-state index is 0.0585. The lowest BCUT2D eigenvalue weighted by Gasteiger charge is -2.19. The quantitative estimate of drug-likeness (QED) is 0.599. The first-order chi connectivity index (χ1) is 12.0. The second-order valence-electron chi connectivity index (χ2n) is 5.37. The Morgan fingerprint density at radius 2 is 1.88 bits per heavy atom. The fourth-order valence-electron chi connectivity index (χ4n) is 2.26. The molecule has 0 heterocycles. The summed E-state index contributed by atoms with van der Waals surface area (Å²) in [6.45, 7) is 0.248. The van der Waals surface area contributed by atoms with Crippen molar-refractivity contribution in [2.75, 3.05) is 25.6 Å². The minimum atomic E-state index is -0.456. The van der Waals surface area contributed by atoms with Crippen molar-refractivity contribution in [1.82, 2.24) is 0 Å². The van der Waals surface area contributed by atoms with Crippen molar-refractivity contribution in [3.8, 4) is 12.3 Å². The summed E-state index contributed by atoms with van der Waals surface area (Å²) in [5, 5.41) is 0. The average molecular weight is 337 g/mol. The highest BCUT2D eigenvalue weighted by molar-refractivity contribution is 5.91. The molecule has 0 bridgehead atoms. The molecule has 2 rings (SSSR count). The number of hydrogen-bond acceptors (Lipinski definition) is 5. The Morgan fingerprint density at radius 3 is 2.52 bits per heavy atom. The number of likely N-dealkylation sites (N-methyl/N-ethyl adjacent to an activating group) is 1. The van der Waals surface area contributed by atoms with Crippen molar-refractivity contribution in [2.45, 2.75) is 6.61 Å². The molecule has 2 aromatic carbocycles. The summed E-state index contributed by atoms with van der Waals surface area (Å²) in [5.41, 5.74) is 2.43. The monoisotopic (exact) mass is 337 g/mol. The molecule has 128 valence electrons. The first kappa shape index (κ1) is 18.1. The van der Waals surface area contributed by atoms with Crippen LogP contribution in [0.15, 0.2) is 48.5 Å². The number of esters is 2. The zero-order valence-electron chi connectivity index (χ0n) is 14.2. The van der Waals surface area contributed by atoms with E-state index < -0.39 is 5.97 Å². The molecule has 0 atom stereocenters. The third-order valence-corrected chi connectivity index (χ3v) is 3.61. The lowest BCUT2D eigenvalue weighted by molar-refractivity contribution is -0.138. The number of benzene rings is 2.